The summed E-state index contributed by atoms with van der Waals surface area (Å²) in [6.07, 6.45) is -2.37. The molecule has 1 amide bonds. The van der Waals surface area contributed by atoms with Crippen molar-refractivity contribution in [1.82, 2.24) is 4.90 Å². The van der Waals surface area contributed by atoms with Crippen LogP contribution in [0.25, 0.3) is 0 Å². The van der Waals surface area contributed by atoms with E-state index in [1.54, 1.807) is 0 Å². The Morgan fingerprint density at radius 3 is 2.23 bits per heavy atom. The van der Waals surface area contributed by atoms with Crippen molar-refractivity contribution in [2.45, 2.75) is 18.4 Å². The van der Waals surface area contributed by atoms with Crippen LogP contribution in [0.2, 0.25) is 0 Å². The molecule has 0 saturated carbocycles. The van der Waals surface area contributed by atoms with Gasteiger partial charge in [0.05, 0.1) is 0 Å². The zero-order valence-corrected chi connectivity index (χ0v) is 6.41. The lowest BCUT2D eigenvalue weighted by atomic mass is 10.1. The SMILES string of the molecule is O=C(O)C1N(C(=O)O)CCC1(F)F. The molecule has 5 nitrogen and oxygen atoms in total. The summed E-state index contributed by atoms with van der Waals surface area (Å²) in [7, 11) is 0. The van der Waals surface area contributed by atoms with Gasteiger partial charge in [-0.1, -0.05) is 0 Å². The number of rotatable bonds is 1. The average Bonchev–Trinajstić information content (AvgIpc) is 2.24. The topological polar surface area (TPSA) is 77.8 Å². The van der Waals surface area contributed by atoms with Gasteiger partial charge in [0, 0.05) is 13.0 Å². The molecule has 0 aliphatic carbocycles. The van der Waals surface area contributed by atoms with Gasteiger partial charge >= 0.3 is 12.1 Å². The molecule has 1 aliphatic rings. The van der Waals surface area contributed by atoms with Gasteiger partial charge in [-0.2, -0.15) is 0 Å². The molecule has 0 radical (unpaired) electrons. The van der Waals surface area contributed by atoms with Crippen LogP contribution >= 0.6 is 0 Å². The van der Waals surface area contributed by atoms with Crippen LogP contribution in [0.15, 0.2) is 0 Å². The first-order chi connectivity index (χ1) is 5.86. The van der Waals surface area contributed by atoms with Gasteiger partial charge in [0.15, 0.2) is 6.04 Å². The maximum atomic E-state index is 12.8. The minimum absolute atomic E-state index is 0.238. The van der Waals surface area contributed by atoms with E-state index in [2.05, 4.69) is 0 Å². The van der Waals surface area contributed by atoms with E-state index < -0.39 is 37.0 Å². The molecule has 1 heterocycles. The van der Waals surface area contributed by atoms with E-state index in [0.29, 0.717) is 0 Å². The molecule has 0 spiro atoms. The zero-order valence-electron chi connectivity index (χ0n) is 6.41. The maximum Gasteiger partial charge on any atom is 0.408 e. The van der Waals surface area contributed by atoms with Crippen molar-refractivity contribution < 1.29 is 28.6 Å². The summed E-state index contributed by atoms with van der Waals surface area (Å²) >= 11 is 0. The van der Waals surface area contributed by atoms with Gasteiger partial charge in [0.2, 0.25) is 0 Å². The highest BCUT2D eigenvalue weighted by atomic mass is 19.3. The molecule has 1 aliphatic heterocycles. The molecule has 2 N–H and O–H groups in total. The van der Waals surface area contributed by atoms with E-state index in [1.165, 1.54) is 0 Å². The fourth-order valence-electron chi connectivity index (χ4n) is 1.28. The number of alkyl halides is 2. The lowest BCUT2D eigenvalue weighted by molar-refractivity contribution is -0.151. The van der Waals surface area contributed by atoms with E-state index in [-0.39, 0.29) is 4.90 Å². The van der Waals surface area contributed by atoms with Crippen LogP contribution in [0.5, 0.6) is 0 Å². The highest BCUT2D eigenvalue weighted by Crippen LogP contribution is 2.33. The Hall–Kier alpha value is -1.40. The van der Waals surface area contributed by atoms with Gasteiger partial charge in [-0.3, -0.25) is 4.90 Å². The first-order valence-corrected chi connectivity index (χ1v) is 3.46. The van der Waals surface area contributed by atoms with E-state index in [4.69, 9.17) is 10.2 Å². The Bertz CT molecular complexity index is 255. The van der Waals surface area contributed by atoms with Gasteiger partial charge in [-0.15, -0.1) is 0 Å². The van der Waals surface area contributed by atoms with E-state index in [9.17, 15) is 18.4 Å². The Kier molecular flexibility index (Phi) is 2.10. The molecule has 13 heavy (non-hydrogen) atoms. The minimum atomic E-state index is -3.47. The average molecular weight is 195 g/mol. The summed E-state index contributed by atoms with van der Waals surface area (Å²) < 4.78 is 25.6. The summed E-state index contributed by atoms with van der Waals surface area (Å²) in [5.74, 6) is -5.28. The predicted octanol–water partition coefficient (Wildman–Crippen LogP) is 0.459. The molecule has 1 saturated heterocycles. The Labute approximate surface area is 71.6 Å². The number of carboxylic acids is 1. The van der Waals surface area contributed by atoms with Crippen LogP contribution in [0, 0.1) is 0 Å². The van der Waals surface area contributed by atoms with Crippen LogP contribution in [0.3, 0.4) is 0 Å². The number of aliphatic carboxylic acids is 1. The summed E-state index contributed by atoms with van der Waals surface area (Å²) in [5.41, 5.74) is 0. The van der Waals surface area contributed by atoms with Crippen molar-refractivity contribution in [2.75, 3.05) is 6.54 Å². The summed E-state index contributed by atoms with van der Waals surface area (Å²) in [4.78, 5) is 20.9. The van der Waals surface area contributed by atoms with Crippen molar-refractivity contribution >= 4 is 12.1 Å². The molecule has 1 fully saturated rings. The summed E-state index contributed by atoms with van der Waals surface area (Å²) in [6.45, 7) is -0.445. The van der Waals surface area contributed by atoms with Gasteiger partial charge < -0.3 is 10.2 Å². The molecule has 74 valence electrons. The number of likely N-dealkylation sites (tertiary alicyclic amines) is 1. The molecule has 1 unspecified atom stereocenters. The van der Waals surface area contributed by atoms with Crippen LogP contribution in [-0.2, 0) is 4.79 Å². The first-order valence-electron chi connectivity index (χ1n) is 3.46. The van der Waals surface area contributed by atoms with Crippen LogP contribution in [0.1, 0.15) is 6.42 Å². The van der Waals surface area contributed by atoms with Crippen molar-refractivity contribution in [3.05, 3.63) is 0 Å². The smallest absolute Gasteiger partial charge is 0.408 e. The minimum Gasteiger partial charge on any atom is -0.480 e. The number of amides is 1. The number of hydrogen-bond donors (Lipinski definition) is 2. The zero-order chi connectivity index (χ0) is 10.2. The van der Waals surface area contributed by atoms with E-state index in [1.807, 2.05) is 0 Å². The molecular formula is C6H7F2NO4. The fourth-order valence-corrected chi connectivity index (χ4v) is 1.28. The van der Waals surface area contributed by atoms with Crippen LogP contribution in [0.4, 0.5) is 13.6 Å². The maximum absolute atomic E-state index is 12.8. The first kappa shape index (κ1) is 9.69. The monoisotopic (exact) mass is 195 g/mol. The summed E-state index contributed by atoms with van der Waals surface area (Å²) in [5, 5.41) is 16.8. The molecule has 0 aromatic heterocycles. The number of carbonyl (C=O) groups is 2. The van der Waals surface area contributed by atoms with Gasteiger partial charge in [-0.05, 0) is 0 Å². The van der Waals surface area contributed by atoms with Crippen molar-refractivity contribution in [1.29, 1.82) is 0 Å². The van der Waals surface area contributed by atoms with Gasteiger partial charge in [-0.25, -0.2) is 18.4 Å². The molecule has 7 heteroatoms. The van der Waals surface area contributed by atoms with Crippen LogP contribution in [-0.4, -0.2) is 45.7 Å². The molecular weight excluding hydrogens is 188 g/mol. The lowest BCUT2D eigenvalue weighted by Gasteiger charge is -2.20. The second-order valence-corrected chi connectivity index (χ2v) is 2.73. The van der Waals surface area contributed by atoms with Crippen molar-refractivity contribution in [2.24, 2.45) is 0 Å². The van der Waals surface area contributed by atoms with Crippen LogP contribution < -0.4 is 0 Å². The lowest BCUT2D eigenvalue weighted by Crippen LogP contribution is -2.47. The predicted molar refractivity (Wildman–Crippen MR) is 35.7 cm³/mol. The fraction of sp³-hybridized carbons (Fsp3) is 0.667. The second kappa shape index (κ2) is 2.82. The van der Waals surface area contributed by atoms with Gasteiger partial charge in [0.1, 0.15) is 0 Å². The van der Waals surface area contributed by atoms with Crippen molar-refractivity contribution in [3.8, 4) is 0 Å². The Morgan fingerprint density at radius 1 is 1.38 bits per heavy atom. The molecule has 0 aromatic carbocycles. The molecule has 1 atom stereocenters. The third-order valence-electron chi connectivity index (χ3n) is 1.88. The largest absolute Gasteiger partial charge is 0.480 e. The normalized spacial score (nSPS) is 26.0. The molecule has 0 bridgehead atoms. The number of nitrogens with zero attached hydrogens (tertiary/aromatic N) is 1. The second-order valence-electron chi connectivity index (χ2n) is 2.73. The number of hydrogen-bond acceptors (Lipinski definition) is 2. The highest BCUT2D eigenvalue weighted by Gasteiger charge is 2.55. The van der Waals surface area contributed by atoms with Crippen molar-refractivity contribution in [3.63, 3.8) is 0 Å². The van der Waals surface area contributed by atoms with E-state index >= 15 is 0 Å². The molecule has 0 aromatic rings. The molecule has 1 rings (SSSR count). The number of halogens is 2. The van der Waals surface area contributed by atoms with E-state index in [0.717, 1.165) is 0 Å². The third-order valence-corrected chi connectivity index (χ3v) is 1.88. The Morgan fingerprint density at radius 2 is 1.92 bits per heavy atom. The quantitative estimate of drug-likeness (QED) is 0.637. The Balaban J connectivity index is 2.92. The summed E-state index contributed by atoms with van der Waals surface area (Å²) in [6, 6.07) is -2.25. The van der Waals surface area contributed by atoms with Gasteiger partial charge in [0.25, 0.3) is 5.92 Å². The number of carboxylic acid groups (broad SMARTS) is 2. The standard InChI is InChI=1S/C6H7F2NO4/c7-6(8)1-2-9(5(12)13)3(6)4(10)11/h3H,1-2H2,(H,10,11)(H,12,13). The third kappa shape index (κ3) is 1.53. The highest BCUT2D eigenvalue weighted by molar-refractivity contribution is 5.81.